The van der Waals surface area contributed by atoms with Crippen molar-refractivity contribution in [1.29, 1.82) is 5.26 Å². The Kier molecular flexibility index (Phi) is 6.15. The van der Waals surface area contributed by atoms with Crippen LogP contribution in [0.1, 0.15) is 17.5 Å². The van der Waals surface area contributed by atoms with E-state index in [0.717, 1.165) is 27.3 Å². The minimum absolute atomic E-state index is 0.140. The second-order valence-corrected chi connectivity index (χ2v) is 8.64. The van der Waals surface area contributed by atoms with Gasteiger partial charge in [0, 0.05) is 17.1 Å². The number of fused-ring (bicyclic) bond motifs is 1. The first-order valence-corrected chi connectivity index (χ1v) is 11.1. The Hall–Kier alpha value is -3.76. The highest BCUT2D eigenvalue weighted by molar-refractivity contribution is 7.22. The number of carbonyl (C=O) groups excluding carboxylic acids is 1. The quantitative estimate of drug-likeness (QED) is 0.434. The summed E-state index contributed by atoms with van der Waals surface area (Å²) in [6.07, 6.45) is 1.63. The molecule has 32 heavy (non-hydrogen) atoms. The molecule has 160 valence electrons. The molecule has 0 radical (unpaired) electrons. The summed E-state index contributed by atoms with van der Waals surface area (Å²) in [5.74, 6) is -0.258. The number of hydrogen-bond acceptors (Lipinski definition) is 5. The summed E-state index contributed by atoms with van der Waals surface area (Å²) in [4.78, 5) is 33.2. The molecule has 0 saturated carbocycles. The fraction of sp³-hybridized carbons (Fsp3) is 0.200. The van der Waals surface area contributed by atoms with Crippen molar-refractivity contribution in [2.24, 2.45) is 0 Å². The van der Waals surface area contributed by atoms with Gasteiger partial charge in [-0.15, -0.1) is 11.3 Å². The Labute approximate surface area is 190 Å². The number of anilines is 1. The van der Waals surface area contributed by atoms with E-state index in [2.05, 4.69) is 11.1 Å². The van der Waals surface area contributed by atoms with Gasteiger partial charge in [-0.25, -0.2) is 4.98 Å². The lowest BCUT2D eigenvalue weighted by Gasteiger charge is -2.23. The Balaban J connectivity index is 1.65. The van der Waals surface area contributed by atoms with Crippen LogP contribution in [0.4, 0.5) is 5.69 Å². The predicted molar refractivity (Wildman–Crippen MR) is 128 cm³/mol. The Morgan fingerprint density at radius 3 is 2.62 bits per heavy atom. The van der Waals surface area contributed by atoms with Gasteiger partial charge in [-0.05, 0) is 48.7 Å². The van der Waals surface area contributed by atoms with Crippen molar-refractivity contribution >= 4 is 33.1 Å². The Bertz CT molecular complexity index is 1380. The average molecular weight is 443 g/mol. The summed E-state index contributed by atoms with van der Waals surface area (Å²) in [6, 6.07) is 19.6. The van der Waals surface area contributed by atoms with Crippen LogP contribution in [-0.4, -0.2) is 22.0 Å². The molecule has 0 spiro atoms. The molecule has 4 aromatic rings. The zero-order valence-corrected chi connectivity index (χ0v) is 18.7. The number of benzene rings is 2. The summed E-state index contributed by atoms with van der Waals surface area (Å²) in [5, 5.41) is 9.04. The van der Waals surface area contributed by atoms with E-state index in [4.69, 9.17) is 5.26 Å². The minimum atomic E-state index is -0.258. The van der Waals surface area contributed by atoms with Crippen molar-refractivity contribution in [2.45, 2.75) is 26.8 Å². The lowest BCUT2D eigenvalue weighted by Crippen LogP contribution is -2.37. The van der Waals surface area contributed by atoms with E-state index in [1.165, 1.54) is 22.2 Å². The smallest absolute Gasteiger partial charge is 0.271 e. The normalized spacial score (nSPS) is 10.8. The molecule has 0 unspecified atom stereocenters. The zero-order valence-electron chi connectivity index (χ0n) is 17.9. The molecule has 2 aromatic heterocycles. The van der Waals surface area contributed by atoms with Crippen LogP contribution in [0.25, 0.3) is 20.7 Å². The van der Waals surface area contributed by atoms with Crippen LogP contribution in [0.3, 0.4) is 0 Å². The fourth-order valence-electron chi connectivity index (χ4n) is 3.49. The van der Waals surface area contributed by atoms with Crippen LogP contribution in [-0.2, 0) is 11.3 Å². The highest BCUT2D eigenvalue weighted by Gasteiger charge is 2.19. The second kappa shape index (κ2) is 9.16. The molecule has 0 aliphatic heterocycles. The van der Waals surface area contributed by atoms with Crippen LogP contribution < -0.4 is 10.5 Å². The molecule has 2 heterocycles. The molecule has 0 N–H and O–H groups in total. The van der Waals surface area contributed by atoms with Crippen molar-refractivity contribution in [1.82, 2.24) is 9.55 Å². The van der Waals surface area contributed by atoms with Gasteiger partial charge < -0.3 is 4.90 Å². The molecule has 0 fully saturated rings. The van der Waals surface area contributed by atoms with E-state index >= 15 is 0 Å². The molecular weight excluding hydrogens is 420 g/mol. The first-order valence-electron chi connectivity index (χ1n) is 10.3. The summed E-state index contributed by atoms with van der Waals surface area (Å²) in [7, 11) is 0. The summed E-state index contributed by atoms with van der Waals surface area (Å²) >= 11 is 1.38. The molecule has 1 amide bonds. The third kappa shape index (κ3) is 4.32. The lowest BCUT2D eigenvalue weighted by molar-refractivity contribution is -0.119. The molecule has 0 saturated heterocycles. The highest BCUT2D eigenvalue weighted by atomic mass is 32.1. The van der Waals surface area contributed by atoms with Gasteiger partial charge in [0.05, 0.1) is 24.3 Å². The maximum Gasteiger partial charge on any atom is 0.271 e. The number of aromatic nitrogens is 2. The molecule has 6 nitrogen and oxygen atoms in total. The predicted octanol–water partition coefficient (Wildman–Crippen LogP) is 4.69. The van der Waals surface area contributed by atoms with Crippen molar-refractivity contribution in [3.05, 3.63) is 82.4 Å². The van der Waals surface area contributed by atoms with Gasteiger partial charge in [-0.3, -0.25) is 14.2 Å². The van der Waals surface area contributed by atoms with Gasteiger partial charge in [0.25, 0.3) is 5.56 Å². The molecule has 0 bridgehead atoms. The first-order chi connectivity index (χ1) is 15.5. The summed E-state index contributed by atoms with van der Waals surface area (Å²) in [6.45, 7) is 4.11. The molecule has 0 atom stereocenters. The molecule has 0 aliphatic rings. The van der Waals surface area contributed by atoms with Gasteiger partial charge in [0.2, 0.25) is 5.91 Å². The van der Waals surface area contributed by atoms with Crippen molar-refractivity contribution < 1.29 is 4.79 Å². The van der Waals surface area contributed by atoms with Crippen molar-refractivity contribution in [3.63, 3.8) is 0 Å². The van der Waals surface area contributed by atoms with Crippen LogP contribution in [0.5, 0.6) is 0 Å². The maximum absolute atomic E-state index is 13.2. The van der Waals surface area contributed by atoms with E-state index in [-0.39, 0.29) is 31.0 Å². The van der Waals surface area contributed by atoms with Gasteiger partial charge in [0.15, 0.2) is 0 Å². The molecule has 0 aliphatic carbocycles. The number of amides is 1. The minimum Gasteiger partial charge on any atom is -0.310 e. The van der Waals surface area contributed by atoms with Crippen LogP contribution >= 0.6 is 11.3 Å². The topological polar surface area (TPSA) is 79.0 Å². The van der Waals surface area contributed by atoms with E-state index in [1.54, 1.807) is 4.90 Å². The van der Waals surface area contributed by atoms with E-state index in [0.29, 0.717) is 10.2 Å². The monoisotopic (exact) mass is 442 g/mol. The van der Waals surface area contributed by atoms with Crippen molar-refractivity contribution in [2.75, 3.05) is 11.4 Å². The maximum atomic E-state index is 13.2. The first kappa shape index (κ1) is 21.5. The SMILES string of the molecule is Cc1ccc(N(CCC#N)C(=O)Cn2cnc3cc(-c4ccccc4)sc3c2=O)cc1C. The van der Waals surface area contributed by atoms with E-state index < -0.39 is 0 Å². The van der Waals surface area contributed by atoms with Gasteiger partial charge >= 0.3 is 0 Å². The highest BCUT2D eigenvalue weighted by Crippen LogP contribution is 2.30. The molecular formula is C25H22N4O2S. The Morgan fingerprint density at radius 1 is 1.12 bits per heavy atom. The Morgan fingerprint density at radius 2 is 1.91 bits per heavy atom. The second-order valence-electron chi connectivity index (χ2n) is 7.59. The van der Waals surface area contributed by atoms with Gasteiger partial charge in [-0.2, -0.15) is 5.26 Å². The largest absolute Gasteiger partial charge is 0.310 e. The number of rotatable bonds is 6. The van der Waals surface area contributed by atoms with Gasteiger partial charge in [0.1, 0.15) is 11.2 Å². The number of carbonyl (C=O) groups is 1. The number of aryl methyl sites for hydroxylation is 2. The number of thiophene rings is 1. The molecule has 4 rings (SSSR count). The third-order valence-electron chi connectivity index (χ3n) is 5.42. The van der Waals surface area contributed by atoms with Crippen LogP contribution in [0, 0.1) is 25.2 Å². The third-order valence-corrected chi connectivity index (χ3v) is 6.58. The zero-order chi connectivity index (χ0) is 22.7. The number of nitrogens with zero attached hydrogens (tertiary/aromatic N) is 4. The molecule has 2 aromatic carbocycles. The van der Waals surface area contributed by atoms with E-state index in [9.17, 15) is 9.59 Å². The van der Waals surface area contributed by atoms with Crippen LogP contribution in [0.2, 0.25) is 0 Å². The lowest BCUT2D eigenvalue weighted by atomic mass is 10.1. The van der Waals surface area contributed by atoms with Crippen molar-refractivity contribution in [3.8, 4) is 16.5 Å². The number of nitriles is 1. The fourth-order valence-corrected chi connectivity index (χ4v) is 4.55. The molecule has 7 heteroatoms. The average Bonchev–Trinajstić information content (AvgIpc) is 3.24. The van der Waals surface area contributed by atoms with Gasteiger partial charge in [-0.1, -0.05) is 36.4 Å². The number of hydrogen-bond donors (Lipinski definition) is 0. The summed E-state index contributed by atoms with van der Waals surface area (Å²) in [5.41, 5.74) is 4.31. The standard InChI is InChI=1S/C25H22N4O2S/c1-17-9-10-20(13-18(17)2)29(12-6-11-26)23(30)15-28-16-27-21-14-22(32-24(21)25(28)31)19-7-4-3-5-8-19/h3-5,7-10,13-14,16H,6,12,15H2,1-2H3. The van der Waals surface area contributed by atoms with E-state index in [1.807, 2.05) is 68.4 Å². The summed E-state index contributed by atoms with van der Waals surface area (Å²) < 4.78 is 1.87. The van der Waals surface area contributed by atoms with Crippen LogP contribution in [0.15, 0.2) is 65.7 Å².